The standard InChI is InChI=1S/C21H25N3O4S2/c1-14-13-18(14)20(25)22-17-6-4-16(5-7-17)21(26)23-9-11-24(12-10-23)30(27,28)19-8-3-15(2)29-19/h3-8,14,18H,9-13H2,1-2H3,(H,22,25). The average molecular weight is 448 g/mol. The van der Waals surface area contributed by atoms with E-state index in [0.29, 0.717) is 34.5 Å². The van der Waals surface area contributed by atoms with Gasteiger partial charge >= 0.3 is 0 Å². The largest absolute Gasteiger partial charge is 0.336 e. The van der Waals surface area contributed by atoms with Crippen molar-refractivity contribution in [1.29, 1.82) is 0 Å². The van der Waals surface area contributed by atoms with Gasteiger partial charge in [0.1, 0.15) is 4.21 Å². The van der Waals surface area contributed by atoms with Gasteiger partial charge in [-0.25, -0.2) is 8.42 Å². The Balaban J connectivity index is 1.34. The van der Waals surface area contributed by atoms with Crippen LogP contribution in [0.3, 0.4) is 0 Å². The Hall–Kier alpha value is -2.23. The molecule has 2 aromatic rings. The molecule has 30 heavy (non-hydrogen) atoms. The summed E-state index contributed by atoms with van der Waals surface area (Å²) >= 11 is 1.26. The zero-order valence-electron chi connectivity index (χ0n) is 17.0. The summed E-state index contributed by atoms with van der Waals surface area (Å²) in [5.74, 6) is 0.432. The Morgan fingerprint density at radius 2 is 1.67 bits per heavy atom. The molecule has 1 N–H and O–H groups in total. The number of nitrogens with one attached hydrogen (secondary N) is 1. The molecule has 4 rings (SSSR count). The van der Waals surface area contributed by atoms with Crippen LogP contribution in [0.5, 0.6) is 0 Å². The summed E-state index contributed by atoms with van der Waals surface area (Å²) in [6.07, 6.45) is 0.927. The van der Waals surface area contributed by atoms with Crippen LogP contribution in [0.4, 0.5) is 5.69 Å². The van der Waals surface area contributed by atoms with E-state index < -0.39 is 10.0 Å². The molecule has 1 aliphatic heterocycles. The molecule has 9 heteroatoms. The van der Waals surface area contributed by atoms with E-state index in [2.05, 4.69) is 12.2 Å². The van der Waals surface area contributed by atoms with E-state index in [-0.39, 0.29) is 30.8 Å². The molecule has 160 valence electrons. The Labute approximate surface area is 180 Å². The van der Waals surface area contributed by atoms with E-state index in [1.165, 1.54) is 15.6 Å². The highest BCUT2D eigenvalue weighted by atomic mass is 32.2. The van der Waals surface area contributed by atoms with Gasteiger partial charge in [0, 0.05) is 48.2 Å². The fourth-order valence-corrected chi connectivity index (χ4v) is 6.47. The highest BCUT2D eigenvalue weighted by Gasteiger charge is 2.39. The van der Waals surface area contributed by atoms with Crippen LogP contribution in [0.15, 0.2) is 40.6 Å². The molecule has 0 bridgehead atoms. The predicted octanol–water partition coefficient (Wildman–Crippen LogP) is 2.80. The normalized spacial score (nSPS) is 22.0. The number of benzene rings is 1. The van der Waals surface area contributed by atoms with Crippen LogP contribution in [0.25, 0.3) is 0 Å². The summed E-state index contributed by atoms with van der Waals surface area (Å²) in [7, 11) is -3.50. The number of aryl methyl sites for hydroxylation is 1. The van der Waals surface area contributed by atoms with Crippen LogP contribution in [0, 0.1) is 18.8 Å². The third-order valence-electron chi connectivity index (χ3n) is 5.68. The molecule has 2 heterocycles. The number of carbonyl (C=O) groups is 2. The molecule has 0 spiro atoms. The van der Waals surface area contributed by atoms with Gasteiger partial charge < -0.3 is 10.2 Å². The summed E-state index contributed by atoms with van der Waals surface area (Å²) in [5.41, 5.74) is 1.20. The molecular formula is C21H25N3O4S2. The number of anilines is 1. The molecular weight excluding hydrogens is 422 g/mol. The lowest BCUT2D eigenvalue weighted by molar-refractivity contribution is -0.117. The number of hydrogen-bond donors (Lipinski definition) is 1. The summed E-state index contributed by atoms with van der Waals surface area (Å²) in [6, 6.07) is 10.3. The lowest BCUT2D eigenvalue weighted by Gasteiger charge is -2.33. The fourth-order valence-electron chi connectivity index (χ4n) is 3.61. The average Bonchev–Trinajstić information content (AvgIpc) is 3.31. The van der Waals surface area contributed by atoms with Gasteiger partial charge in [-0.05, 0) is 55.7 Å². The van der Waals surface area contributed by atoms with Crippen molar-refractivity contribution in [2.75, 3.05) is 31.5 Å². The zero-order chi connectivity index (χ0) is 21.5. The second-order valence-electron chi connectivity index (χ2n) is 7.95. The van der Waals surface area contributed by atoms with E-state index >= 15 is 0 Å². The highest BCUT2D eigenvalue weighted by Crippen LogP contribution is 2.38. The van der Waals surface area contributed by atoms with E-state index in [1.807, 2.05) is 6.92 Å². The first-order chi connectivity index (χ1) is 14.3. The van der Waals surface area contributed by atoms with Gasteiger partial charge in [0.05, 0.1) is 0 Å². The lowest BCUT2D eigenvalue weighted by Crippen LogP contribution is -2.50. The van der Waals surface area contributed by atoms with Gasteiger partial charge in [0.2, 0.25) is 5.91 Å². The quantitative estimate of drug-likeness (QED) is 0.764. The Morgan fingerprint density at radius 1 is 1.03 bits per heavy atom. The van der Waals surface area contributed by atoms with Crippen molar-refractivity contribution in [3.63, 3.8) is 0 Å². The Morgan fingerprint density at radius 3 is 2.20 bits per heavy atom. The number of thiophene rings is 1. The summed E-state index contributed by atoms with van der Waals surface area (Å²) in [5, 5.41) is 2.88. The van der Waals surface area contributed by atoms with Gasteiger partial charge in [-0.15, -0.1) is 11.3 Å². The Bertz CT molecular complexity index is 1050. The second-order valence-corrected chi connectivity index (χ2v) is 11.4. The lowest BCUT2D eigenvalue weighted by atomic mass is 10.1. The molecule has 7 nitrogen and oxygen atoms in total. The highest BCUT2D eigenvalue weighted by molar-refractivity contribution is 7.91. The van der Waals surface area contributed by atoms with Crippen molar-refractivity contribution in [2.24, 2.45) is 11.8 Å². The molecule has 2 atom stereocenters. The minimum atomic E-state index is -3.50. The third kappa shape index (κ3) is 4.28. The van der Waals surface area contributed by atoms with Gasteiger partial charge in [0.25, 0.3) is 15.9 Å². The van der Waals surface area contributed by atoms with Crippen molar-refractivity contribution in [3.05, 3.63) is 46.8 Å². The fraction of sp³-hybridized carbons (Fsp3) is 0.429. The molecule has 1 aromatic heterocycles. The van der Waals surface area contributed by atoms with Crippen molar-refractivity contribution >= 4 is 38.9 Å². The van der Waals surface area contributed by atoms with Crippen molar-refractivity contribution in [3.8, 4) is 0 Å². The maximum atomic E-state index is 12.8. The number of sulfonamides is 1. The van der Waals surface area contributed by atoms with Gasteiger partial charge in [-0.2, -0.15) is 4.31 Å². The SMILES string of the molecule is Cc1ccc(S(=O)(=O)N2CCN(C(=O)c3ccc(NC(=O)C4CC4C)cc3)CC2)s1. The van der Waals surface area contributed by atoms with Gasteiger partial charge in [-0.1, -0.05) is 6.92 Å². The third-order valence-corrected chi connectivity index (χ3v) is 9.05. The summed E-state index contributed by atoms with van der Waals surface area (Å²) in [6.45, 7) is 5.18. The number of nitrogens with zero attached hydrogens (tertiary/aromatic N) is 2. The number of rotatable bonds is 5. The Kier molecular flexibility index (Phi) is 5.69. The molecule has 2 amide bonds. The smallest absolute Gasteiger partial charge is 0.253 e. The molecule has 1 aromatic carbocycles. The van der Waals surface area contributed by atoms with Gasteiger partial charge in [0.15, 0.2) is 0 Å². The van der Waals surface area contributed by atoms with E-state index in [4.69, 9.17) is 0 Å². The van der Waals surface area contributed by atoms with E-state index in [9.17, 15) is 18.0 Å². The van der Waals surface area contributed by atoms with Crippen LogP contribution in [-0.4, -0.2) is 55.6 Å². The minimum Gasteiger partial charge on any atom is -0.336 e. The number of carbonyl (C=O) groups excluding carboxylic acids is 2. The zero-order valence-corrected chi connectivity index (χ0v) is 18.6. The van der Waals surface area contributed by atoms with E-state index in [0.717, 1.165) is 11.3 Å². The first-order valence-corrected chi connectivity index (χ1v) is 12.3. The van der Waals surface area contributed by atoms with Gasteiger partial charge in [-0.3, -0.25) is 9.59 Å². The van der Waals surface area contributed by atoms with Crippen LogP contribution in [-0.2, 0) is 14.8 Å². The predicted molar refractivity (Wildman–Crippen MR) is 116 cm³/mol. The maximum absolute atomic E-state index is 12.8. The number of piperazine rings is 1. The first kappa shape index (κ1) is 21.0. The van der Waals surface area contributed by atoms with E-state index in [1.54, 1.807) is 41.3 Å². The molecule has 1 aliphatic carbocycles. The van der Waals surface area contributed by atoms with Crippen LogP contribution in [0.1, 0.15) is 28.6 Å². The summed E-state index contributed by atoms with van der Waals surface area (Å²) in [4.78, 5) is 27.4. The second kappa shape index (κ2) is 8.13. The molecule has 2 unspecified atom stereocenters. The van der Waals surface area contributed by atoms with Crippen molar-refractivity contribution in [2.45, 2.75) is 24.5 Å². The minimum absolute atomic E-state index is 0.0276. The monoisotopic (exact) mass is 447 g/mol. The van der Waals surface area contributed by atoms with Crippen molar-refractivity contribution < 1.29 is 18.0 Å². The number of amides is 2. The van der Waals surface area contributed by atoms with Crippen LogP contribution < -0.4 is 5.32 Å². The summed E-state index contributed by atoms with van der Waals surface area (Å²) < 4.78 is 27.3. The van der Waals surface area contributed by atoms with Crippen molar-refractivity contribution in [1.82, 2.24) is 9.21 Å². The molecule has 0 radical (unpaired) electrons. The van der Waals surface area contributed by atoms with Crippen LogP contribution in [0.2, 0.25) is 0 Å². The maximum Gasteiger partial charge on any atom is 0.253 e. The first-order valence-electron chi connectivity index (χ1n) is 10.0. The molecule has 2 fully saturated rings. The molecule has 1 saturated carbocycles. The topological polar surface area (TPSA) is 86.8 Å². The molecule has 2 aliphatic rings. The number of hydrogen-bond acceptors (Lipinski definition) is 5. The van der Waals surface area contributed by atoms with Crippen LogP contribution >= 0.6 is 11.3 Å². The molecule has 1 saturated heterocycles.